The van der Waals surface area contributed by atoms with E-state index in [0.717, 1.165) is 13.1 Å². The van der Waals surface area contributed by atoms with Gasteiger partial charge < -0.3 is 10.2 Å². The maximum atomic E-state index is 10.8. The van der Waals surface area contributed by atoms with E-state index in [1.54, 1.807) is 0 Å². The number of rotatable bonds is 4. The second-order valence-electron chi connectivity index (χ2n) is 2.51. The van der Waals surface area contributed by atoms with Crippen LogP contribution in [0.3, 0.4) is 0 Å². The molecule has 0 aliphatic heterocycles. The monoisotopic (exact) mass is 144 g/mol. The predicted molar refractivity (Wildman–Crippen MR) is 41.9 cm³/mol. The Morgan fingerprint density at radius 3 is 2.50 bits per heavy atom. The first-order valence-corrected chi connectivity index (χ1v) is 3.58. The van der Waals surface area contributed by atoms with Gasteiger partial charge >= 0.3 is 0 Å². The van der Waals surface area contributed by atoms with Crippen LogP contribution in [0.1, 0.15) is 13.3 Å². The lowest BCUT2D eigenvalue weighted by molar-refractivity contribution is -0.121. The maximum absolute atomic E-state index is 10.8. The van der Waals surface area contributed by atoms with Crippen molar-refractivity contribution in [3.8, 4) is 0 Å². The number of hydrogen-bond donors (Lipinski definition) is 1. The van der Waals surface area contributed by atoms with E-state index < -0.39 is 0 Å². The molecule has 0 aromatic carbocycles. The van der Waals surface area contributed by atoms with E-state index >= 15 is 0 Å². The summed E-state index contributed by atoms with van der Waals surface area (Å²) in [6, 6.07) is 0. The van der Waals surface area contributed by atoms with Gasteiger partial charge in [0.25, 0.3) is 0 Å². The fourth-order valence-electron chi connectivity index (χ4n) is 0.611. The molecule has 0 heterocycles. The van der Waals surface area contributed by atoms with Crippen LogP contribution in [0.4, 0.5) is 0 Å². The number of hydrogen-bond acceptors (Lipinski definition) is 2. The van der Waals surface area contributed by atoms with Gasteiger partial charge in [0.1, 0.15) is 0 Å². The summed E-state index contributed by atoms with van der Waals surface area (Å²) in [6.45, 7) is 3.48. The molecule has 0 unspecified atom stereocenters. The Morgan fingerprint density at radius 2 is 2.10 bits per heavy atom. The molecule has 0 aliphatic rings. The molecule has 60 valence electrons. The van der Waals surface area contributed by atoms with E-state index in [9.17, 15) is 4.79 Å². The van der Waals surface area contributed by atoms with E-state index in [-0.39, 0.29) is 5.91 Å². The summed E-state index contributed by atoms with van der Waals surface area (Å²) in [7, 11) is 3.92. The second kappa shape index (κ2) is 5.23. The Morgan fingerprint density at radius 1 is 1.50 bits per heavy atom. The summed E-state index contributed by atoms with van der Waals surface area (Å²) in [4.78, 5) is 12.8. The Labute approximate surface area is 62.4 Å². The molecular weight excluding hydrogens is 128 g/mol. The van der Waals surface area contributed by atoms with Crippen molar-refractivity contribution in [3.05, 3.63) is 0 Å². The van der Waals surface area contributed by atoms with Crippen LogP contribution in [0.2, 0.25) is 0 Å². The predicted octanol–water partition coefficient (Wildman–Crippen LogP) is 0.0742. The largest absolute Gasteiger partial charge is 0.356 e. The van der Waals surface area contributed by atoms with E-state index in [2.05, 4.69) is 5.32 Å². The Balaban J connectivity index is 3.22. The maximum Gasteiger partial charge on any atom is 0.221 e. The first-order valence-electron chi connectivity index (χ1n) is 3.58. The zero-order valence-corrected chi connectivity index (χ0v) is 6.98. The number of amides is 1. The van der Waals surface area contributed by atoms with Gasteiger partial charge in [-0.2, -0.15) is 0 Å². The highest BCUT2D eigenvalue weighted by atomic mass is 16.1. The lowest BCUT2D eigenvalue weighted by Gasteiger charge is -2.07. The minimum atomic E-state index is 0.135. The van der Waals surface area contributed by atoms with Gasteiger partial charge in [-0.15, -0.1) is 0 Å². The summed E-state index contributed by atoms with van der Waals surface area (Å²) >= 11 is 0. The van der Waals surface area contributed by atoms with Gasteiger partial charge in [-0.05, 0) is 21.0 Å². The van der Waals surface area contributed by atoms with Crippen molar-refractivity contribution in [3.63, 3.8) is 0 Å². The molecule has 0 saturated heterocycles. The summed E-state index contributed by atoms with van der Waals surface area (Å²) in [5, 5.41) is 2.74. The van der Waals surface area contributed by atoms with E-state index in [0.29, 0.717) is 6.42 Å². The van der Waals surface area contributed by atoms with Crippen molar-refractivity contribution >= 4 is 5.91 Å². The molecule has 0 rings (SSSR count). The standard InChI is InChI=1S/C7H16N2O/c1-4-8-7(10)5-6-9(2)3/h4-6H2,1-3H3,(H,8,10). The minimum absolute atomic E-state index is 0.135. The molecule has 0 aliphatic carbocycles. The quantitative estimate of drug-likeness (QED) is 0.605. The topological polar surface area (TPSA) is 32.3 Å². The summed E-state index contributed by atoms with van der Waals surface area (Å²) in [5.41, 5.74) is 0. The van der Waals surface area contributed by atoms with Crippen molar-refractivity contribution in [2.45, 2.75) is 13.3 Å². The smallest absolute Gasteiger partial charge is 0.221 e. The zero-order valence-electron chi connectivity index (χ0n) is 6.98. The second-order valence-corrected chi connectivity index (χ2v) is 2.51. The van der Waals surface area contributed by atoms with Crippen LogP contribution >= 0.6 is 0 Å². The SMILES string of the molecule is CCNC(=O)CCN(C)C. The first kappa shape index (κ1) is 9.43. The highest BCUT2D eigenvalue weighted by Crippen LogP contribution is 1.81. The number of nitrogens with one attached hydrogen (secondary N) is 1. The molecule has 0 bridgehead atoms. The molecule has 10 heavy (non-hydrogen) atoms. The molecule has 0 aromatic heterocycles. The number of carbonyl (C=O) groups excluding carboxylic acids is 1. The minimum Gasteiger partial charge on any atom is -0.356 e. The molecule has 1 amide bonds. The van der Waals surface area contributed by atoms with Crippen LogP contribution in [0.15, 0.2) is 0 Å². The van der Waals surface area contributed by atoms with Crippen molar-refractivity contribution in [2.75, 3.05) is 27.2 Å². The Bertz CT molecular complexity index is 102. The van der Waals surface area contributed by atoms with Crippen LogP contribution < -0.4 is 5.32 Å². The molecule has 0 radical (unpaired) electrons. The van der Waals surface area contributed by atoms with Crippen LogP contribution in [0.5, 0.6) is 0 Å². The van der Waals surface area contributed by atoms with Crippen molar-refractivity contribution in [2.24, 2.45) is 0 Å². The average Bonchev–Trinajstić information content (AvgIpc) is 1.85. The number of nitrogens with zero attached hydrogens (tertiary/aromatic N) is 1. The number of carbonyl (C=O) groups is 1. The van der Waals surface area contributed by atoms with Crippen LogP contribution in [-0.2, 0) is 4.79 Å². The highest BCUT2D eigenvalue weighted by molar-refractivity contribution is 5.75. The molecule has 3 heteroatoms. The van der Waals surface area contributed by atoms with Crippen molar-refractivity contribution in [1.29, 1.82) is 0 Å². The third-order valence-corrected chi connectivity index (χ3v) is 1.16. The lowest BCUT2D eigenvalue weighted by atomic mass is 10.4. The average molecular weight is 144 g/mol. The van der Waals surface area contributed by atoms with Crippen LogP contribution in [0, 0.1) is 0 Å². The van der Waals surface area contributed by atoms with E-state index in [1.807, 2.05) is 25.9 Å². The Hall–Kier alpha value is -0.570. The normalized spacial score (nSPS) is 10.0. The van der Waals surface area contributed by atoms with Gasteiger partial charge in [0.2, 0.25) is 5.91 Å². The first-order chi connectivity index (χ1) is 4.66. The third kappa shape index (κ3) is 5.56. The zero-order chi connectivity index (χ0) is 7.98. The molecule has 0 aromatic rings. The molecular formula is C7H16N2O. The molecule has 3 nitrogen and oxygen atoms in total. The van der Waals surface area contributed by atoms with Crippen LogP contribution in [0.25, 0.3) is 0 Å². The molecule has 0 atom stereocenters. The van der Waals surface area contributed by atoms with Gasteiger partial charge in [0.05, 0.1) is 0 Å². The van der Waals surface area contributed by atoms with E-state index in [4.69, 9.17) is 0 Å². The summed E-state index contributed by atoms with van der Waals surface area (Å²) in [6.07, 6.45) is 0.598. The van der Waals surface area contributed by atoms with Gasteiger partial charge in [0.15, 0.2) is 0 Å². The van der Waals surface area contributed by atoms with E-state index in [1.165, 1.54) is 0 Å². The van der Waals surface area contributed by atoms with Gasteiger partial charge in [0, 0.05) is 19.5 Å². The summed E-state index contributed by atoms with van der Waals surface area (Å²) < 4.78 is 0. The Kier molecular flexibility index (Phi) is 4.94. The lowest BCUT2D eigenvalue weighted by Crippen LogP contribution is -2.26. The molecule has 0 spiro atoms. The van der Waals surface area contributed by atoms with Gasteiger partial charge in [-0.25, -0.2) is 0 Å². The van der Waals surface area contributed by atoms with Crippen LogP contribution in [-0.4, -0.2) is 38.0 Å². The molecule has 0 saturated carbocycles. The molecule has 1 N–H and O–H groups in total. The van der Waals surface area contributed by atoms with Gasteiger partial charge in [-0.3, -0.25) is 4.79 Å². The van der Waals surface area contributed by atoms with Gasteiger partial charge in [-0.1, -0.05) is 0 Å². The highest BCUT2D eigenvalue weighted by Gasteiger charge is 1.98. The fourth-order valence-corrected chi connectivity index (χ4v) is 0.611. The van der Waals surface area contributed by atoms with Crippen molar-refractivity contribution < 1.29 is 4.79 Å². The molecule has 0 fully saturated rings. The van der Waals surface area contributed by atoms with Crippen molar-refractivity contribution in [1.82, 2.24) is 10.2 Å². The summed E-state index contributed by atoms with van der Waals surface area (Å²) in [5.74, 6) is 0.135. The third-order valence-electron chi connectivity index (χ3n) is 1.16. The fraction of sp³-hybridized carbons (Fsp3) is 0.857.